The van der Waals surface area contributed by atoms with Gasteiger partial charge in [0.15, 0.2) is 0 Å². The topological polar surface area (TPSA) is 82.3 Å². The lowest BCUT2D eigenvalue weighted by Crippen LogP contribution is -2.50. The normalized spacial score (nSPS) is 21.2. The smallest absolute Gasteiger partial charge is 0.315 e. The Morgan fingerprint density at radius 3 is 1.27 bits per heavy atom. The molecule has 6 heteroatoms. The first-order valence-corrected chi connectivity index (χ1v) is 12.3. The molecule has 1 aliphatic carbocycles. The Balaban J connectivity index is 2.17. The first-order valence-electron chi connectivity index (χ1n) is 12.3. The zero-order valence-corrected chi connectivity index (χ0v) is 20.4. The van der Waals surface area contributed by atoms with Crippen LogP contribution in [0.4, 0.5) is 9.59 Å². The Kier molecular flexibility index (Phi) is 12.9. The summed E-state index contributed by atoms with van der Waals surface area (Å²) in [4.78, 5) is 24.5. The second kappa shape index (κ2) is 14.5. The highest BCUT2D eigenvalue weighted by Crippen LogP contribution is 2.19. The van der Waals surface area contributed by atoms with Crippen molar-refractivity contribution in [2.75, 3.05) is 0 Å². The molecule has 0 spiro atoms. The van der Waals surface area contributed by atoms with Crippen molar-refractivity contribution in [3.8, 4) is 0 Å². The van der Waals surface area contributed by atoms with Crippen molar-refractivity contribution < 1.29 is 9.59 Å². The molecule has 2 atom stereocenters. The molecule has 1 aliphatic rings. The molecule has 176 valence electrons. The summed E-state index contributed by atoms with van der Waals surface area (Å²) in [6.45, 7) is 13.1. The molecular weight excluding hydrogens is 376 g/mol. The van der Waals surface area contributed by atoms with E-state index in [4.69, 9.17) is 0 Å². The molecule has 2 unspecified atom stereocenters. The van der Waals surface area contributed by atoms with Crippen LogP contribution < -0.4 is 21.3 Å². The lowest BCUT2D eigenvalue weighted by atomic mass is 9.91. The van der Waals surface area contributed by atoms with Crippen LogP contribution in [-0.4, -0.2) is 36.2 Å². The van der Waals surface area contributed by atoms with Gasteiger partial charge >= 0.3 is 12.1 Å². The zero-order chi connectivity index (χ0) is 22.5. The van der Waals surface area contributed by atoms with E-state index in [-0.39, 0.29) is 36.2 Å². The van der Waals surface area contributed by atoms with Crippen molar-refractivity contribution in [1.29, 1.82) is 0 Å². The van der Waals surface area contributed by atoms with Gasteiger partial charge in [0.25, 0.3) is 0 Å². The fraction of sp³-hybridized carbons (Fsp3) is 0.917. The Morgan fingerprint density at radius 2 is 0.967 bits per heavy atom. The van der Waals surface area contributed by atoms with E-state index in [1.54, 1.807) is 0 Å². The fourth-order valence-corrected chi connectivity index (χ4v) is 4.09. The number of carbonyl (C=O) groups is 2. The van der Waals surface area contributed by atoms with Crippen LogP contribution >= 0.6 is 0 Å². The van der Waals surface area contributed by atoms with E-state index in [0.29, 0.717) is 11.8 Å². The minimum absolute atomic E-state index is 0.0589. The van der Waals surface area contributed by atoms with Crippen LogP contribution in [0.3, 0.4) is 0 Å². The third-order valence-corrected chi connectivity index (χ3v) is 5.99. The summed E-state index contributed by atoms with van der Waals surface area (Å²) in [5, 5.41) is 12.3. The maximum Gasteiger partial charge on any atom is 0.315 e. The SMILES string of the molecule is CC(C)CCCC(C)NC(=O)N[C@H]1CC[C@H](NC(=O)NC(C)CCCC(C)C)CC1. The van der Waals surface area contributed by atoms with Crippen LogP contribution in [-0.2, 0) is 0 Å². The summed E-state index contributed by atoms with van der Waals surface area (Å²) in [5.41, 5.74) is 0. The van der Waals surface area contributed by atoms with E-state index in [1.165, 1.54) is 12.8 Å². The predicted molar refractivity (Wildman–Crippen MR) is 126 cm³/mol. The van der Waals surface area contributed by atoms with Crippen molar-refractivity contribution in [2.24, 2.45) is 11.8 Å². The van der Waals surface area contributed by atoms with Gasteiger partial charge < -0.3 is 21.3 Å². The van der Waals surface area contributed by atoms with Gasteiger partial charge in [-0.2, -0.15) is 0 Å². The van der Waals surface area contributed by atoms with E-state index in [1.807, 2.05) is 0 Å². The minimum atomic E-state index is -0.0589. The van der Waals surface area contributed by atoms with Gasteiger partial charge in [-0.3, -0.25) is 0 Å². The fourth-order valence-electron chi connectivity index (χ4n) is 4.09. The average molecular weight is 425 g/mol. The summed E-state index contributed by atoms with van der Waals surface area (Å²) in [7, 11) is 0. The molecule has 1 rings (SSSR count). The van der Waals surface area contributed by atoms with Crippen molar-refractivity contribution in [3.63, 3.8) is 0 Å². The zero-order valence-electron chi connectivity index (χ0n) is 20.4. The van der Waals surface area contributed by atoms with E-state index >= 15 is 0 Å². The predicted octanol–water partition coefficient (Wildman–Crippen LogP) is 5.33. The quantitative estimate of drug-likeness (QED) is 0.342. The number of rotatable bonds is 12. The van der Waals surface area contributed by atoms with E-state index in [0.717, 1.165) is 51.4 Å². The monoisotopic (exact) mass is 424 g/mol. The van der Waals surface area contributed by atoms with Crippen molar-refractivity contribution in [3.05, 3.63) is 0 Å². The summed E-state index contributed by atoms with van der Waals surface area (Å²) in [6.07, 6.45) is 10.4. The average Bonchev–Trinajstić information content (AvgIpc) is 2.62. The molecule has 0 aliphatic heterocycles. The van der Waals surface area contributed by atoms with Crippen LogP contribution in [0.1, 0.15) is 106 Å². The number of hydrogen-bond donors (Lipinski definition) is 4. The highest BCUT2D eigenvalue weighted by atomic mass is 16.2. The molecule has 0 aromatic carbocycles. The molecule has 0 radical (unpaired) electrons. The molecule has 0 saturated heterocycles. The highest BCUT2D eigenvalue weighted by Gasteiger charge is 2.24. The van der Waals surface area contributed by atoms with Gasteiger partial charge in [0.05, 0.1) is 0 Å². The first-order chi connectivity index (χ1) is 14.2. The number of urea groups is 2. The lowest BCUT2D eigenvalue weighted by Gasteiger charge is -2.30. The molecule has 6 nitrogen and oxygen atoms in total. The minimum Gasteiger partial charge on any atom is -0.336 e. The molecule has 4 N–H and O–H groups in total. The van der Waals surface area contributed by atoms with Gasteiger partial charge in [0.1, 0.15) is 0 Å². The summed E-state index contributed by atoms with van der Waals surface area (Å²) < 4.78 is 0. The van der Waals surface area contributed by atoms with Crippen LogP contribution in [0.2, 0.25) is 0 Å². The third kappa shape index (κ3) is 13.0. The van der Waals surface area contributed by atoms with Gasteiger partial charge in [0, 0.05) is 24.2 Å². The van der Waals surface area contributed by atoms with Crippen LogP contribution in [0.25, 0.3) is 0 Å². The van der Waals surface area contributed by atoms with Crippen LogP contribution in [0.15, 0.2) is 0 Å². The molecule has 0 aromatic rings. The number of carbonyl (C=O) groups excluding carboxylic acids is 2. The van der Waals surface area contributed by atoms with E-state index in [9.17, 15) is 9.59 Å². The molecular formula is C24H48N4O2. The summed E-state index contributed by atoms with van der Waals surface area (Å²) in [6, 6.07) is 0.682. The second-order valence-electron chi connectivity index (χ2n) is 10.2. The summed E-state index contributed by atoms with van der Waals surface area (Å²) >= 11 is 0. The van der Waals surface area contributed by atoms with Gasteiger partial charge in [0.2, 0.25) is 0 Å². The van der Waals surface area contributed by atoms with Crippen LogP contribution in [0.5, 0.6) is 0 Å². The molecule has 30 heavy (non-hydrogen) atoms. The number of amides is 4. The van der Waals surface area contributed by atoms with E-state index < -0.39 is 0 Å². The Hall–Kier alpha value is -1.46. The van der Waals surface area contributed by atoms with Gasteiger partial charge in [-0.25, -0.2) is 9.59 Å². The van der Waals surface area contributed by atoms with Crippen LogP contribution in [0, 0.1) is 11.8 Å². The second-order valence-corrected chi connectivity index (χ2v) is 10.2. The van der Waals surface area contributed by atoms with Gasteiger partial charge in [-0.05, 0) is 64.2 Å². The lowest BCUT2D eigenvalue weighted by molar-refractivity contribution is 0.217. The van der Waals surface area contributed by atoms with Gasteiger partial charge in [-0.1, -0.05) is 53.4 Å². The van der Waals surface area contributed by atoms with Crippen molar-refractivity contribution >= 4 is 12.1 Å². The van der Waals surface area contributed by atoms with Crippen molar-refractivity contribution in [1.82, 2.24) is 21.3 Å². The Morgan fingerprint density at radius 1 is 0.633 bits per heavy atom. The number of nitrogens with one attached hydrogen (secondary N) is 4. The summed E-state index contributed by atoms with van der Waals surface area (Å²) in [5.74, 6) is 1.43. The maximum absolute atomic E-state index is 12.2. The first kappa shape index (κ1) is 26.6. The molecule has 0 bridgehead atoms. The molecule has 0 aromatic heterocycles. The highest BCUT2D eigenvalue weighted by molar-refractivity contribution is 5.75. The number of hydrogen-bond acceptors (Lipinski definition) is 2. The third-order valence-electron chi connectivity index (χ3n) is 5.99. The Bertz CT molecular complexity index is 444. The van der Waals surface area contributed by atoms with Gasteiger partial charge in [-0.15, -0.1) is 0 Å². The molecule has 4 amide bonds. The maximum atomic E-state index is 12.2. The largest absolute Gasteiger partial charge is 0.336 e. The Labute approximate surface area is 185 Å². The van der Waals surface area contributed by atoms with E-state index in [2.05, 4.69) is 62.8 Å². The molecule has 1 fully saturated rings. The standard InChI is InChI=1S/C24H48N4O2/c1-17(2)9-7-11-19(5)25-23(29)27-21-13-15-22(16-14-21)28-24(30)26-20(6)12-8-10-18(3)4/h17-22H,7-16H2,1-6H3,(H2,25,27,29)(H2,26,28,30)/t19?,20?,21-,22-. The molecule has 0 heterocycles. The molecule has 1 saturated carbocycles. The van der Waals surface area contributed by atoms with Crippen molar-refractivity contribution in [2.45, 2.75) is 130 Å².